The van der Waals surface area contributed by atoms with Crippen LogP contribution in [0.15, 0.2) is 47.0 Å². The van der Waals surface area contributed by atoms with Gasteiger partial charge in [0.1, 0.15) is 23.2 Å². The van der Waals surface area contributed by atoms with Gasteiger partial charge < -0.3 is 14.6 Å². The van der Waals surface area contributed by atoms with Crippen molar-refractivity contribution in [1.29, 1.82) is 0 Å². The van der Waals surface area contributed by atoms with E-state index in [0.29, 0.717) is 12.4 Å². The van der Waals surface area contributed by atoms with Crippen molar-refractivity contribution in [3.05, 3.63) is 59.5 Å². The number of aryl methyl sites for hydroxylation is 2. The van der Waals surface area contributed by atoms with E-state index < -0.39 is 0 Å². The minimum Gasteiger partial charge on any atom is -0.461 e. The van der Waals surface area contributed by atoms with Crippen LogP contribution in [-0.4, -0.2) is 28.4 Å². The Kier molecular flexibility index (Phi) is 3.92. The first kappa shape index (κ1) is 15.7. The molecule has 1 aliphatic heterocycles. The standard InChI is InChI=1S/C20H21N3O2/c1-13-3-5-15(6-4-13)12-23-10-8-17(20(23)24)22-19-16-11-14(2)25-18(16)7-9-21-19/h3-7,9,11,17H,8,10,12H2,1-2H3,(H,21,22). The van der Waals surface area contributed by atoms with Crippen LogP contribution in [0.4, 0.5) is 5.82 Å². The summed E-state index contributed by atoms with van der Waals surface area (Å²) >= 11 is 0. The third kappa shape index (κ3) is 3.09. The molecule has 5 nitrogen and oxygen atoms in total. The maximum atomic E-state index is 12.7. The molecule has 1 N–H and O–H groups in total. The fraction of sp³-hybridized carbons (Fsp3) is 0.300. The Hall–Kier alpha value is -2.82. The molecule has 128 valence electrons. The third-order valence-corrected chi connectivity index (χ3v) is 4.67. The minimum absolute atomic E-state index is 0.125. The van der Waals surface area contributed by atoms with Crippen molar-refractivity contribution < 1.29 is 9.21 Å². The molecule has 0 saturated carbocycles. The van der Waals surface area contributed by atoms with E-state index in [4.69, 9.17) is 4.42 Å². The van der Waals surface area contributed by atoms with Crippen LogP contribution in [0.5, 0.6) is 0 Å². The van der Waals surface area contributed by atoms with E-state index in [-0.39, 0.29) is 11.9 Å². The molecule has 0 radical (unpaired) electrons. The van der Waals surface area contributed by atoms with Crippen molar-refractivity contribution in [2.45, 2.75) is 32.9 Å². The number of nitrogens with one attached hydrogen (secondary N) is 1. The zero-order valence-electron chi connectivity index (χ0n) is 14.5. The molecular formula is C20H21N3O2. The van der Waals surface area contributed by atoms with Crippen molar-refractivity contribution in [1.82, 2.24) is 9.88 Å². The summed E-state index contributed by atoms with van der Waals surface area (Å²) in [6.45, 7) is 5.38. The number of pyridine rings is 1. The smallest absolute Gasteiger partial charge is 0.245 e. The maximum Gasteiger partial charge on any atom is 0.245 e. The third-order valence-electron chi connectivity index (χ3n) is 4.67. The fourth-order valence-corrected chi connectivity index (χ4v) is 3.31. The van der Waals surface area contributed by atoms with Gasteiger partial charge >= 0.3 is 0 Å². The maximum absolute atomic E-state index is 12.7. The predicted molar refractivity (Wildman–Crippen MR) is 97.4 cm³/mol. The van der Waals surface area contributed by atoms with E-state index in [0.717, 1.165) is 35.3 Å². The number of nitrogens with zero attached hydrogens (tertiary/aromatic N) is 2. The number of carbonyl (C=O) groups is 1. The van der Waals surface area contributed by atoms with Gasteiger partial charge in [0.05, 0.1) is 5.39 Å². The molecule has 1 amide bonds. The van der Waals surface area contributed by atoms with Gasteiger partial charge in [-0.2, -0.15) is 0 Å². The van der Waals surface area contributed by atoms with Crippen LogP contribution < -0.4 is 5.32 Å². The van der Waals surface area contributed by atoms with Gasteiger partial charge in [-0.05, 0) is 38.0 Å². The van der Waals surface area contributed by atoms with Crippen molar-refractivity contribution in [3.8, 4) is 0 Å². The number of amides is 1. The van der Waals surface area contributed by atoms with Gasteiger partial charge in [0.25, 0.3) is 0 Å². The van der Waals surface area contributed by atoms with E-state index >= 15 is 0 Å². The molecule has 1 aliphatic rings. The lowest BCUT2D eigenvalue weighted by Crippen LogP contribution is -2.33. The van der Waals surface area contributed by atoms with E-state index in [1.165, 1.54) is 5.56 Å². The molecule has 1 aromatic carbocycles. The van der Waals surface area contributed by atoms with Crippen molar-refractivity contribution in [3.63, 3.8) is 0 Å². The van der Waals surface area contributed by atoms with Crippen LogP contribution in [0.2, 0.25) is 0 Å². The van der Waals surface area contributed by atoms with Gasteiger partial charge in [-0.3, -0.25) is 4.79 Å². The molecule has 0 spiro atoms. The first-order valence-corrected chi connectivity index (χ1v) is 8.56. The van der Waals surface area contributed by atoms with Gasteiger partial charge in [0, 0.05) is 19.3 Å². The number of carbonyl (C=O) groups excluding carboxylic acids is 1. The van der Waals surface area contributed by atoms with Crippen LogP contribution in [0, 0.1) is 13.8 Å². The summed E-state index contributed by atoms with van der Waals surface area (Å²) in [5.41, 5.74) is 3.17. The summed E-state index contributed by atoms with van der Waals surface area (Å²) < 4.78 is 5.63. The summed E-state index contributed by atoms with van der Waals surface area (Å²) in [6, 6.07) is 11.9. The predicted octanol–water partition coefficient (Wildman–Crippen LogP) is 3.66. The lowest BCUT2D eigenvalue weighted by Gasteiger charge is -2.17. The topological polar surface area (TPSA) is 58.4 Å². The second-order valence-corrected chi connectivity index (χ2v) is 6.66. The lowest BCUT2D eigenvalue weighted by molar-refractivity contribution is -0.128. The molecule has 0 bridgehead atoms. The highest BCUT2D eigenvalue weighted by molar-refractivity contribution is 5.92. The van der Waals surface area contributed by atoms with Crippen molar-refractivity contribution >= 4 is 22.7 Å². The number of hydrogen-bond acceptors (Lipinski definition) is 4. The summed E-state index contributed by atoms with van der Waals surface area (Å²) in [4.78, 5) is 19.0. The Morgan fingerprint density at radius 3 is 2.84 bits per heavy atom. The van der Waals surface area contributed by atoms with Crippen LogP contribution in [-0.2, 0) is 11.3 Å². The number of likely N-dealkylation sites (tertiary alicyclic amines) is 1. The molecule has 0 aliphatic carbocycles. The number of benzene rings is 1. The SMILES string of the molecule is Cc1ccc(CN2CCC(Nc3nccc4oc(C)cc34)C2=O)cc1. The molecular weight excluding hydrogens is 314 g/mol. The monoisotopic (exact) mass is 335 g/mol. The largest absolute Gasteiger partial charge is 0.461 e. The molecule has 1 atom stereocenters. The number of fused-ring (bicyclic) bond motifs is 1. The number of furan rings is 1. The number of aromatic nitrogens is 1. The fourth-order valence-electron chi connectivity index (χ4n) is 3.31. The van der Waals surface area contributed by atoms with Crippen LogP contribution in [0.25, 0.3) is 11.0 Å². The molecule has 3 aromatic rings. The van der Waals surface area contributed by atoms with Gasteiger partial charge in [0.15, 0.2) is 0 Å². The van der Waals surface area contributed by atoms with E-state index in [9.17, 15) is 4.79 Å². The second kappa shape index (κ2) is 6.24. The minimum atomic E-state index is -0.237. The van der Waals surface area contributed by atoms with Gasteiger partial charge in [0.2, 0.25) is 5.91 Å². The summed E-state index contributed by atoms with van der Waals surface area (Å²) in [7, 11) is 0. The number of anilines is 1. The van der Waals surface area contributed by atoms with Crippen molar-refractivity contribution in [2.24, 2.45) is 0 Å². The Bertz CT molecular complexity index is 914. The van der Waals surface area contributed by atoms with E-state index in [1.807, 2.05) is 24.0 Å². The average Bonchev–Trinajstić information content (AvgIpc) is 3.14. The lowest BCUT2D eigenvalue weighted by atomic mass is 10.1. The van der Waals surface area contributed by atoms with E-state index in [2.05, 4.69) is 41.5 Å². The quantitative estimate of drug-likeness (QED) is 0.790. The molecule has 1 saturated heterocycles. The van der Waals surface area contributed by atoms with E-state index in [1.54, 1.807) is 6.20 Å². The average molecular weight is 335 g/mol. The zero-order chi connectivity index (χ0) is 17.4. The molecule has 1 fully saturated rings. The van der Waals surface area contributed by atoms with Gasteiger partial charge in [-0.25, -0.2) is 4.98 Å². The highest BCUT2D eigenvalue weighted by Crippen LogP contribution is 2.27. The Morgan fingerprint density at radius 1 is 1.24 bits per heavy atom. The van der Waals surface area contributed by atoms with Crippen LogP contribution >= 0.6 is 0 Å². The Morgan fingerprint density at radius 2 is 2.04 bits per heavy atom. The molecule has 5 heteroatoms. The van der Waals surface area contributed by atoms with Gasteiger partial charge in [-0.15, -0.1) is 0 Å². The van der Waals surface area contributed by atoms with Crippen LogP contribution in [0.1, 0.15) is 23.3 Å². The second-order valence-electron chi connectivity index (χ2n) is 6.66. The Labute approximate surface area is 146 Å². The number of rotatable bonds is 4. The number of hydrogen-bond donors (Lipinski definition) is 1. The normalized spacial score (nSPS) is 17.4. The highest BCUT2D eigenvalue weighted by atomic mass is 16.3. The highest BCUT2D eigenvalue weighted by Gasteiger charge is 2.32. The first-order chi connectivity index (χ1) is 12.1. The molecule has 25 heavy (non-hydrogen) atoms. The van der Waals surface area contributed by atoms with Crippen molar-refractivity contribution in [2.75, 3.05) is 11.9 Å². The molecule has 4 rings (SSSR count). The van der Waals surface area contributed by atoms with Gasteiger partial charge in [-0.1, -0.05) is 29.8 Å². The summed E-state index contributed by atoms with van der Waals surface area (Å²) in [5, 5.41) is 4.23. The summed E-state index contributed by atoms with van der Waals surface area (Å²) in [5.74, 6) is 1.68. The first-order valence-electron chi connectivity index (χ1n) is 8.56. The molecule has 2 aromatic heterocycles. The van der Waals surface area contributed by atoms with Crippen LogP contribution in [0.3, 0.4) is 0 Å². The molecule has 1 unspecified atom stereocenters. The Balaban J connectivity index is 1.48. The summed E-state index contributed by atoms with van der Waals surface area (Å²) in [6.07, 6.45) is 2.48. The molecule has 3 heterocycles. The zero-order valence-corrected chi connectivity index (χ0v) is 14.5.